The van der Waals surface area contributed by atoms with E-state index in [0.29, 0.717) is 0 Å². The molecule has 2 aromatic heterocycles. The van der Waals surface area contributed by atoms with Gasteiger partial charge in [0, 0.05) is 23.3 Å². The van der Waals surface area contributed by atoms with Crippen molar-refractivity contribution in [1.82, 2.24) is 9.55 Å². The number of hydrogen-bond acceptors (Lipinski definition) is 4. The number of thioether (sulfide) groups is 1. The van der Waals surface area contributed by atoms with E-state index in [4.69, 9.17) is 4.42 Å². The Bertz CT molecular complexity index is 763. The number of aliphatic hydroxyl groups excluding tert-OH is 1. The largest absolute Gasteiger partial charge is 0.453 e. The summed E-state index contributed by atoms with van der Waals surface area (Å²) >= 11 is 1.78. The van der Waals surface area contributed by atoms with Gasteiger partial charge in [0.1, 0.15) is 5.58 Å². The molecule has 0 bridgehead atoms. The van der Waals surface area contributed by atoms with Gasteiger partial charge in [0.25, 0.3) is 0 Å². The highest BCUT2D eigenvalue weighted by Crippen LogP contribution is 2.33. The first kappa shape index (κ1) is 15.2. The number of rotatable bonds is 6. The average molecular weight is 316 g/mol. The molecule has 0 spiro atoms. The minimum Gasteiger partial charge on any atom is -0.453 e. The first-order valence-electron chi connectivity index (χ1n) is 7.37. The van der Waals surface area contributed by atoms with Gasteiger partial charge in [-0.2, -0.15) is 11.8 Å². The van der Waals surface area contributed by atoms with Crippen molar-refractivity contribution >= 4 is 22.7 Å². The second kappa shape index (κ2) is 6.58. The zero-order chi connectivity index (χ0) is 15.5. The summed E-state index contributed by atoms with van der Waals surface area (Å²) in [6.07, 6.45) is 6.67. The molecule has 0 saturated heterocycles. The van der Waals surface area contributed by atoms with Gasteiger partial charge in [0.2, 0.25) is 0 Å². The summed E-state index contributed by atoms with van der Waals surface area (Å²) in [6, 6.07) is 8.03. The van der Waals surface area contributed by atoms with E-state index in [0.717, 1.165) is 40.3 Å². The van der Waals surface area contributed by atoms with Gasteiger partial charge < -0.3 is 14.1 Å². The molecule has 0 aliphatic rings. The molecule has 1 aromatic carbocycles. The van der Waals surface area contributed by atoms with Crippen molar-refractivity contribution in [3.8, 4) is 11.6 Å². The topological polar surface area (TPSA) is 51.2 Å². The fourth-order valence-electron chi connectivity index (χ4n) is 2.74. The van der Waals surface area contributed by atoms with E-state index >= 15 is 0 Å². The molecule has 1 atom stereocenters. The summed E-state index contributed by atoms with van der Waals surface area (Å²) in [4.78, 5) is 4.47. The highest BCUT2D eigenvalue weighted by Gasteiger charge is 2.20. The maximum atomic E-state index is 9.72. The Morgan fingerprint density at radius 3 is 2.91 bits per heavy atom. The van der Waals surface area contributed by atoms with Gasteiger partial charge in [-0.3, -0.25) is 0 Å². The predicted molar refractivity (Wildman–Crippen MR) is 91.3 cm³/mol. The van der Waals surface area contributed by atoms with Crippen LogP contribution in [0.5, 0.6) is 0 Å². The molecule has 0 unspecified atom stereocenters. The predicted octanol–water partition coefficient (Wildman–Crippen LogP) is 3.89. The van der Waals surface area contributed by atoms with Gasteiger partial charge in [-0.25, -0.2) is 4.98 Å². The summed E-state index contributed by atoms with van der Waals surface area (Å²) < 4.78 is 8.04. The Morgan fingerprint density at radius 2 is 2.18 bits per heavy atom. The Kier molecular flexibility index (Phi) is 4.55. The third-order valence-corrected chi connectivity index (χ3v) is 4.62. The number of fused-ring (bicyclic) bond motifs is 1. The normalized spacial score (nSPS) is 12.9. The van der Waals surface area contributed by atoms with Gasteiger partial charge in [-0.15, -0.1) is 0 Å². The number of hydrogen-bond donors (Lipinski definition) is 1. The van der Waals surface area contributed by atoms with Crippen LogP contribution in [-0.2, 0) is 0 Å². The summed E-state index contributed by atoms with van der Waals surface area (Å²) in [5.74, 6) is 2.57. The number of para-hydroxylation sites is 1. The third kappa shape index (κ3) is 2.66. The first-order chi connectivity index (χ1) is 10.8. The lowest BCUT2D eigenvalue weighted by Gasteiger charge is -2.17. The fourth-order valence-corrected chi connectivity index (χ4v) is 3.25. The number of nitrogens with zero attached hydrogens (tertiary/aromatic N) is 2. The maximum Gasteiger partial charge on any atom is 0.176 e. The van der Waals surface area contributed by atoms with Crippen molar-refractivity contribution < 1.29 is 9.52 Å². The van der Waals surface area contributed by atoms with Crippen LogP contribution >= 0.6 is 11.8 Å². The van der Waals surface area contributed by atoms with Crippen LogP contribution in [0.3, 0.4) is 0 Å². The van der Waals surface area contributed by atoms with Crippen LogP contribution in [-0.4, -0.2) is 33.3 Å². The van der Waals surface area contributed by atoms with E-state index in [-0.39, 0.29) is 12.6 Å². The molecule has 116 valence electrons. The van der Waals surface area contributed by atoms with Crippen molar-refractivity contribution in [3.05, 3.63) is 42.2 Å². The van der Waals surface area contributed by atoms with Crippen LogP contribution in [0.1, 0.15) is 18.0 Å². The van der Waals surface area contributed by atoms with E-state index in [1.165, 1.54) is 0 Å². The summed E-state index contributed by atoms with van der Waals surface area (Å²) in [7, 11) is 0. The van der Waals surface area contributed by atoms with Crippen LogP contribution in [0.15, 0.2) is 41.1 Å². The van der Waals surface area contributed by atoms with E-state index < -0.39 is 0 Å². The molecule has 3 aromatic rings. The van der Waals surface area contributed by atoms with Crippen LogP contribution in [0, 0.1) is 6.92 Å². The van der Waals surface area contributed by atoms with Crippen molar-refractivity contribution in [2.24, 2.45) is 0 Å². The zero-order valence-electron chi connectivity index (χ0n) is 12.8. The van der Waals surface area contributed by atoms with Crippen molar-refractivity contribution in [2.75, 3.05) is 18.6 Å². The van der Waals surface area contributed by atoms with Gasteiger partial charge in [0.15, 0.2) is 11.6 Å². The second-order valence-electron chi connectivity index (χ2n) is 5.33. The average Bonchev–Trinajstić information content (AvgIpc) is 3.14. The monoisotopic (exact) mass is 316 g/mol. The zero-order valence-corrected chi connectivity index (χ0v) is 13.6. The van der Waals surface area contributed by atoms with E-state index in [9.17, 15) is 5.11 Å². The fraction of sp³-hybridized carbons (Fsp3) is 0.353. The molecule has 0 aliphatic carbocycles. The smallest absolute Gasteiger partial charge is 0.176 e. The van der Waals surface area contributed by atoms with Crippen LogP contribution in [0.25, 0.3) is 22.6 Å². The molecule has 4 nitrogen and oxygen atoms in total. The molecule has 0 radical (unpaired) electrons. The molecule has 1 N–H and O–H groups in total. The molecule has 0 saturated carbocycles. The SMILES string of the molecule is CSCC[C@@H](CO)n1ccnc1-c1oc2ccccc2c1C. The van der Waals surface area contributed by atoms with Gasteiger partial charge >= 0.3 is 0 Å². The number of aliphatic hydroxyl groups is 1. The van der Waals surface area contributed by atoms with Crippen molar-refractivity contribution in [2.45, 2.75) is 19.4 Å². The highest BCUT2D eigenvalue weighted by molar-refractivity contribution is 7.98. The standard InChI is InChI=1S/C17H20N2O2S/c1-12-14-5-3-4-6-15(14)21-16(12)17-18-8-9-19(17)13(11-20)7-10-22-2/h3-6,8-9,13,20H,7,10-11H2,1-2H3/t13-/m0/s1. The van der Waals surface area contributed by atoms with Crippen molar-refractivity contribution in [3.63, 3.8) is 0 Å². The van der Waals surface area contributed by atoms with E-state index in [1.807, 2.05) is 29.0 Å². The molecule has 0 amide bonds. The van der Waals surface area contributed by atoms with Gasteiger partial charge in [0.05, 0.1) is 12.6 Å². The molecule has 2 heterocycles. The molecule has 22 heavy (non-hydrogen) atoms. The minimum atomic E-state index is 0.0255. The van der Waals surface area contributed by atoms with E-state index in [1.54, 1.807) is 18.0 Å². The molecular weight excluding hydrogens is 296 g/mol. The van der Waals surface area contributed by atoms with Crippen LogP contribution in [0.2, 0.25) is 0 Å². The molecule has 0 aliphatic heterocycles. The number of imidazole rings is 1. The molecule has 0 fully saturated rings. The lowest BCUT2D eigenvalue weighted by molar-refractivity contribution is 0.226. The van der Waals surface area contributed by atoms with Crippen LogP contribution < -0.4 is 0 Å². The Labute approximate surface area is 134 Å². The Hall–Kier alpha value is -1.72. The lowest BCUT2D eigenvalue weighted by Crippen LogP contribution is -2.14. The number of benzene rings is 1. The second-order valence-corrected chi connectivity index (χ2v) is 6.31. The Morgan fingerprint density at radius 1 is 1.36 bits per heavy atom. The summed E-state index contributed by atoms with van der Waals surface area (Å²) in [5.41, 5.74) is 1.96. The minimum absolute atomic E-state index is 0.0255. The third-order valence-electron chi connectivity index (χ3n) is 3.97. The number of aryl methyl sites for hydroxylation is 1. The summed E-state index contributed by atoms with van der Waals surface area (Å²) in [5, 5.41) is 10.8. The molecular formula is C17H20N2O2S. The van der Waals surface area contributed by atoms with Gasteiger partial charge in [-0.1, -0.05) is 18.2 Å². The van der Waals surface area contributed by atoms with Crippen molar-refractivity contribution in [1.29, 1.82) is 0 Å². The first-order valence-corrected chi connectivity index (χ1v) is 8.76. The highest BCUT2D eigenvalue weighted by atomic mass is 32.2. The summed E-state index contributed by atoms with van der Waals surface area (Å²) in [6.45, 7) is 2.15. The molecule has 3 rings (SSSR count). The number of aromatic nitrogens is 2. The van der Waals surface area contributed by atoms with Gasteiger partial charge in [-0.05, 0) is 31.4 Å². The van der Waals surface area contributed by atoms with E-state index in [2.05, 4.69) is 24.2 Å². The molecule has 5 heteroatoms. The quantitative estimate of drug-likeness (QED) is 0.749. The number of furan rings is 1. The Balaban J connectivity index is 2.04. The van der Waals surface area contributed by atoms with Crippen LogP contribution in [0.4, 0.5) is 0 Å². The lowest BCUT2D eigenvalue weighted by atomic mass is 10.1. The maximum absolute atomic E-state index is 9.72.